The average molecular weight is 509 g/mol. The van der Waals surface area contributed by atoms with Gasteiger partial charge in [0, 0.05) is 35.5 Å². The summed E-state index contributed by atoms with van der Waals surface area (Å²) in [5.74, 6) is 0.947. The Balaban J connectivity index is 1.38. The smallest absolute Gasteiger partial charge is 0.159 e. The van der Waals surface area contributed by atoms with Crippen LogP contribution in [0.15, 0.2) is 61.2 Å². The van der Waals surface area contributed by atoms with Gasteiger partial charge in [-0.25, -0.2) is 9.37 Å². The molecule has 0 saturated heterocycles. The number of rotatable bonds is 7. The number of fused-ring (bicyclic) bond motifs is 2. The quantitative estimate of drug-likeness (QED) is 0.312. The van der Waals surface area contributed by atoms with Gasteiger partial charge in [0.1, 0.15) is 29.4 Å². The zero-order valence-electron chi connectivity index (χ0n) is 21.2. The van der Waals surface area contributed by atoms with Gasteiger partial charge >= 0.3 is 0 Å². The largest absolute Gasteiger partial charge is 0.491 e. The van der Waals surface area contributed by atoms with Crippen LogP contribution in [-0.4, -0.2) is 67.3 Å². The van der Waals surface area contributed by atoms with E-state index in [1.807, 2.05) is 45.3 Å². The molecule has 190 valence electrons. The van der Waals surface area contributed by atoms with Crippen LogP contribution in [0.25, 0.3) is 56.0 Å². The number of H-pyrrole nitrogens is 2. The van der Waals surface area contributed by atoms with Crippen LogP contribution in [-0.2, 0) is 0 Å². The van der Waals surface area contributed by atoms with E-state index in [2.05, 4.69) is 35.0 Å². The van der Waals surface area contributed by atoms with Gasteiger partial charge in [0.25, 0.3) is 0 Å². The second-order valence-electron chi connectivity index (χ2n) is 9.41. The van der Waals surface area contributed by atoms with E-state index in [1.165, 1.54) is 12.1 Å². The first-order valence-electron chi connectivity index (χ1n) is 12.1. The Morgan fingerprint density at radius 1 is 0.947 bits per heavy atom. The molecule has 6 rings (SSSR count). The summed E-state index contributed by atoms with van der Waals surface area (Å²) in [7, 11) is 4.00. The van der Waals surface area contributed by atoms with Crippen molar-refractivity contribution in [3.63, 3.8) is 0 Å². The summed E-state index contributed by atoms with van der Waals surface area (Å²) in [6.07, 6.45) is 6.88. The van der Waals surface area contributed by atoms with Crippen LogP contribution in [0.2, 0.25) is 0 Å². The van der Waals surface area contributed by atoms with Crippen LogP contribution in [0.5, 0.6) is 5.75 Å². The van der Waals surface area contributed by atoms with Gasteiger partial charge in [-0.1, -0.05) is 0 Å². The number of aromatic nitrogens is 7. The first-order valence-corrected chi connectivity index (χ1v) is 12.1. The molecule has 0 aliphatic carbocycles. The van der Waals surface area contributed by atoms with E-state index < -0.39 is 0 Å². The molecule has 0 amide bonds. The van der Waals surface area contributed by atoms with Crippen molar-refractivity contribution in [1.29, 1.82) is 0 Å². The molecule has 0 spiro atoms. The van der Waals surface area contributed by atoms with Gasteiger partial charge in [-0.05, 0) is 63.0 Å². The van der Waals surface area contributed by atoms with Crippen molar-refractivity contribution in [2.24, 2.45) is 0 Å². The van der Waals surface area contributed by atoms with Gasteiger partial charge in [0.05, 0.1) is 34.8 Å². The molecule has 2 N–H and O–H groups in total. The molecule has 0 atom stereocenters. The van der Waals surface area contributed by atoms with Crippen molar-refractivity contribution in [3.8, 4) is 39.8 Å². The molecule has 0 saturated carbocycles. The normalized spacial score (nSPS) is 11.6. The number of halogens is 1. The maximum Gasteiger partial charge on any atom is 0.159 e. The third kappa shape index (κ3) is 4.57. The molecule has 5 aromatic heterocycles. The fraction of sp³-hybridized carbons (Fsp3) is 0.179. The van der Waals surface area contributed by atoms with Crippen LogP contribution < -0.4 is 4.74 Å². The number of benzene rings is 1. The predicted octanol–water partition coefficient (Wildman–Crippen LogP) is 5.01. The Kier molecular flexibility index (Phi) is 6.01. The number of imidazole rings is 1. The molecular weight excluding hydrogens is 483 g/mol. The Hall–Kier alpha value is -4.70. The Labute approximate surface area is 217 Å². The minimum absolute atomic E-state index is 0.311. The van der Waals surface area contributed by atoms with Crippen molar-refractivity contribution in [1.82, 2.24) is 40.0 Å². The molecule has 0 aliphatic rings. The lowest BCUT2D eigenvalue weighted by molar-refractivity contribution is 0.261. The molecular formula is C28H25FN8O. The summed E-state index contributed by atoms with van der Waals surface area (Å²) in [5.41, 5.74) is 6.50. The molecule has 0 aliphatic heterocycles. The van der Waals surface area contributed by atoms with E-state index in [-0.39, 0.29) is 5.82 Å². The molecule has 5 heterocycles. The van der Waals surface area contributed by atoms with Gasteiger partial charge < -0.3 is 14.6 Å². The molecule has 0 bridgehead atoms. The summed E-state index contributed by atoms with van der Waals surface area (Å²) in [6, 6.07) is 10.6. The molecule has 9 nitrogen and oxygen atoms in total. The van der Waals surface area contributed by atoms with Gasteiger partial charge in [-0.2, -0.15) is 5.10 Å². The van der Waals surface area contributed by atoms with E-state index in [0.29, 0.717) is 40.6 Å². The molecule has 1 aromatic carbocycles. The Morgan fingerprint density at radius 2 is 1.84 bits per heavy atom. The third-order valence-electron chi connectivity index (χ3n) is 6.20. The summed E-state index contributed by atoms with van der Waals surface area (Å²) < 4.78 is 20.0. The lowest BCUT2D eigenvalue weighted by Crippen LogP contribution is -2.19. The SMILES string of the molecule is Cc1cc(F)cc(-c2nccc3[nH]c(-c4n[nH]c5cnc(-c6cncc(OCCN(C)C)c6)cc45)nc23)c1. The van der Waals surface area contributed by atoms with Gasteiger partial charge in [0.2, 0.25) is 0 Å². The van der Waals surface area contributed by atoms with E-state index in [1.54, 1.807) is 24.8 Å². The van der Waals surface area contributed by atoms with Crippen LogP contribution in [0.3, 0.4) is 0 Å². The molecule has 0 unspecified atom stereocenters. The van der Waals surface area contributed by atoms with Crippen molar-refractivity contribution in [2.75, 3.05) is 27.2 Å². The molecule has 6 aromatic rings. The van der Waals surface area contributed by atoms with Crippen molar-refractivity contribution >= 4 is 21.9 Å². The number of nitrogens with zero attached hydrogens (tertiary/aromatic N) is 6. The van der Waals surface area contributed by atoms with E-state index in [4.69, 9.17) is 9.72 Å². The number of hydrogen-bond acceptors (Lipinski definition) is 7. The number of aromatic amines is 2. The Bertz CT molecular complexity index is 1750. The fourth-order valence-electron chi connectivity index (χ4n) is 4.37. The van der Waals surface area contributed by atoms with Crippen LogP contribution in [0, 0.1) is 12.7 Å². The zero-order chi connectivity index (χ0) is 26.2. The molecule has 10 heteroatoms. The van der Waals surface area contributed by atoms with Crippen LogP contribution in [0.4, 0.5) is 4.39 Å². The number of nitrogens with one attached hydrogen (secondary N) is 2. The highest BCUT2D eigenvalue weighted by Crippen LogP contribution is 2.32. The highest BCUT2D eigenvalue weighted by atomic mass is 19.1. The zero-order valence-corrected chi connectivity index (χ0v) is 21.2. The monoisotopic (exact) mass is 508 g/mol. The van der Waals surface area contributed by atoms with Crippen LogP contribution >= 0.6 is 0 Å². The highest BCUT2D eigenvalue weighted by Gasteiger charge is 2.17. The summed E-state index contributed by atoms with van der Waals surface area (Å²) >= 11 is 0. The van der Waals surface area contributed by atoms with Crippen molar-refractivity contribution in [2.45, 2.75) is 6.92 Å². The minimum Gasteiger partial charge on any atom is -0.491 e. The number of pyridine rings is 3. The number of aryl methyl sites for hydroxylation is 1. The van der Waals surface area contributed by atoms with E-state index in [0.717, 1.165) is 39.8 Å². The fourth-order valence-corrected chi connectivity index (χ4v) is 4.37. The minimum atomic E-state index is -0.311. The Morgan fingerprint density at radius 3 is 2.68 bits per heavy atom. The molecule has 38 heavy (non-hydrogen) atoms. The summed E-state index contributed by atoms with van der Waals surface area (Å²) in [5, 5.41) is 8.41. The first-order chi connectivity index (χ1) is 18.4. The third-order valence-corrected chi connectivity index (χ3v) is 6.20. The van der Waals surface area contributed by atoms with Crippen LogP contribution in [0.1, 0.15) is 5.56 Å². The molecule has 0 radical (unpaired) electrons. The lowest BCUT2D eigenvalue weighted by atomic mass is 10.1. The number of hydrogen-bond donors (Lipinski definition) is 2. The van der Waals surface area contributed by atoms with Gasteiger partial charge in [-0.3, -0.25) is 20.1 Å². The first kappa shape index (κ1) is 23.7. The predicted molar refractivity (Wildman–Crippen MR) is 144 cm³/mol. The van der Waals surface area contributed by atoms with Crippen molar-refractivity contribution in [3.05, 3.63) is 72.6 Å². The topological polar surface area (TPSA) is 108 Å². The van der Waals surface area contributed by atoms with Crippen molar-refractivity contribution < 1.29 is 9.13 Å². The summed E-state index contributed by atoms with van der Waals surface area (Å²) in [6.45, 7) is 3.22. The second-order valence-corrected chi connectivity index (χ2v) is 9.41. The van der Waals surface area contributed by atoms with E-state index >= 15 is 0 Å². The second kappa shape index (κ2) is 9.64. The highest BCUT2D eigenvalue weighted by molar-refractivity contribution is 5.96. The maximum atomic E-state index is 14.1. The van der Waals surface area contributed by atoms with E-state index in [9.17, 15) is 4.39 Å². The maximum absolute atomic E-state index is 14.1. The van der Waals surface area contributed by atoms with Gasteiger partial charge in [0.15, 0.2) is 5.82 Å². The molecule has 0 fully saturated rings. The lowest BCUT2D eigenvalue weighted by Gasteiger charge is -2.11. The number of ether oxygens (including phenoxy) is 1. The standard InChI is InChI=1S/C28H25FN8O/c1-16-8-17(10-19(29)9-16)25-27-22(4-5-31-25)33-28(34-27)26-21-12-23(32-15-24(21)35-36-26)18-11-20(14-30-13-18)38-7-6-37(2)3/h4-5,8-15H,6-7H2,1-3H3,(H,33,34)(H,35,36). The summed E-state index contributed by atoms with van der Waals surface area (Å²) in [4.78, 5) is 23.7. The average Bonchev–Trinajstić information content (AvgIpc) is 3.51. The van der Waals surface area contributed by atoms with Gasteiger partial charge in [-0.15, -0.1) is 0 Å². The number of likely N-dealkylation sites (N-methyl/N-ethyl adjacent to an activating group) is 1.